The van der Waals surface area contributed by atoms with Crippen molar-refractivity contribution in [3.8, 4) is 5.75 Å². The molecule has 1 saturated heterocycles. The molecule has 3 rings (SSSR count). The van der Waals surface area contributed by atoms with Crippen LogP contribution in [0.15, 0.2) is 54.6 Å². The summed E-state index contributed by atoms with van der Waals surface area (Å²) in [5, 5.41) is 0. The second kappa shape index (κ2) is 8.67. The molecular formula is C21H26N2O2. The van der Waals surface area contributed by atoms with Crippen LogP contribution < -0.4 is 4.74 Å². The van der Waals surface area contributed by atoms with Crippen molar-refractivity contribution in [1.82, 2.24) is 9.80 Å². The number of hydrogen-bond acceptors (Lipinski definition) is 3. The van der Waals surface area contributed by atoms with Crippen LogP contribution in [0.1, 0.15) is 11.1 Å². The van der Waals surface area contributed by atoms with Gasteiger partial charge in [-0.3, -0.25) is 9.69 Å². The standard InChI is InChI=1S/C21H26N2O2/c1-25-20-9-5-8-19(16-20)17-21(24)23-14-12-22(13-15-23)11-10-18-6-3-2-4-7-18/h2-9,16H,10-15,17H2,1H3. The summed E-state index contributed by atoms with van der Waals surface area (Å²) in [6.45, 7) is 4.60. The van der Waals surface area contributed by atoms with E-state index in [4.69, 9.17) is 4.74 Å². The summed E-state index contributed by atoms with van der Waals surface area (Å²) >= 11 is 0. The van der Waals surface area contributed by atoms with Crippen LogP contribution in [0.5, 0.6) is 5.75 Å². The monoisotopic (exact) mass is 338 g/mol. The van der Waals surface area contributed by atoms with Crippen molar-refractivity contribution < 1.29 is 9.53 Å². The minimum atomic E-state index is 0.205. The molecule has 0 aliphatic carbocycles. The van der Waals surface area contributed by atoms with Crippen LogP contribution in [0.4, 0.5) is 0 Å². The van der Waals surface area contributed by atoms with Gasteiger partial charge in [-0.25, -0.2) is 0 Å². The van der Waals surface area contributed by atoms with E-state index in [2.05, 4.69) is 35.2 Å². The minimum Gasteiger partial charge on any atom is -0.497 e. The highest BCUT2D eigenvalue weighted by Crippen LogP contribution is 2.14. The molecule has 4 nitrogen and oxygen atoms in total. The van der Waals surface area contributed by atoms with Gasteiger partial charge in [0.15, 0.2) is 0 Å². The number of carbonyl (C=O) groups is 1. The summed E-state index contributed by atoms with van der Waals surface area (Å²) < 4.78 is 5.23. The predicted molar refractivity (Wildman–Crippen MR) is 99.9 cm³/mol. The summed E-state index contributed by atoms with van der Waals surface area (Å²) in [5.41, 5.74) is 2.38. The lowest BCUT2D eigenvalue weighted by molar-refractivity contribution is -0.132. The van der Waals surface area contributed by atoms with Crippen molar-refractivity contribution in [2.45, 2.75) is 12.8 Å². The first-order valence-corrected chi connectivity index (χ1v) is 8.91. The zero-order valence-electron chi connectivity index (χ0n) is 14.9. The number of rotatable bonds is 6. The van der Waals surface area contributed by atoms with Crippen molar-refractivity contribution >= 4 is 5.91 Å². The molecule has 1 aliphatic heterocycles. The summed E-state index contributed by atoms with van der Waals surface area (Å²) in [6, 6.07) is 18.3. The highest BCUT2D eigenvalue weighted by molar-refractivity contribution is 5.79. The molecule has 0 bridgehead atoms. The number of benzene rings is 2. The molecule has 0 N–H and O–H groups in total. The molecule has 2 aromatic carbocycles. The fourth-order valence-corrected chi connectivity index (χ4v) is 3.22. The number of carbonyl (C=O) groups excluding carboxylic acids is 1. The highest BCUT2D eigenvalue weighted by Gasteiger charge is 2.21. The Labute approximate surface area is 150 Å². The van der Waals surface area contributed by atoms with Gasteiger partial charge >= 0.3 is 0 Å². The van der Waals surface area contributed by atoms with E-state index < -0.39 is 0 Å². The summed E-state index contributed by atoms with van der Waals surface area (Å²) in [5.74, 6) is 1.01. The normalized spacial score (nSPS) is 15.2. The van der Waals surface area contributed by atoms with Crippen LogP contribution in [0.2, 0.25) is 0 Å². The van der Waals surface area contributed by atoms with E-state index in [9.17, 15) is 4.79 Å². The maximum atomic E-state index is 12.5. The zero-order valence-corrected chi connectivity index (χ0v) is 14.9. The SMILES string of the molecule is COc1cccc(CC(=O)N2CCN(CCc3ccccc3)CC2)c1. The first-order chi connectivity index (χ1) is 12.2. The van der Waals surface area contributed by atoms with E-state index in [1.165, 1.54) is 5.56 Å². The largest absolute Gasteiger partial charge is 0.497 e. The summed E-state index contributed by atoms with van der Waals surface area (Å²) in [4.78, 5) is 17.0. The van der Waals surface area contributed by atoms with Gasteiger partial charge in [0.1, 0.15) is 5.75 Å². The van der Waals surface area contributed by atoms with Crippen LogP contribution in [-0.4, -0.2) is 55.5 Å². The topological polar surface area (TPSA) is 32.8 Å². The Morgan fingerprint density at radius 2 is 1.68 bits per heavy atom. The van der Waals surface area contributed by atoms with Gasteiger partial charge in [0.05, 0.1) is 13.5 Å². The molecule has 1 fully saturated rings. The average molecular weight is 338 g/mol. The van der Waals surface area contributed by atoms with Crippen molar-refractivity contribution in [2.75, 3.05) is 39.8 Å². The molecule has 2 aromatic rings. The average Bonchev–Trinajstić information content (AvgIpc) is 2.67. The zero-order chi connectivity index (χ0) is 17.5. The van der Waals surface area contributed by atoms with Gasteiger partial charge in [-0.05, 0) is 29.7 Å². The van der Waals surface area contributed by atoms with Gasteiger partial charge in [0.2, 0.25) is 5.91 Å². The Morgan fingerprint density at radius 1 is 0.960 bits per heavy atom. The first kappa shape index (κ1) is 17.5. The summed E-state index contributed by atoms with van der Waals surface area (Å²) in [7, 11) is 1.65. The van der Waals surface area contributed by atoms with Gasteiger partial charge in [0, 0.05) is 32.7 Å². The van der Waals surface area contributed by atoms with E-state index in [0.717, 1.165) is 50.5 Å². The first-order valence-electron chi connectivity index (χ1n) is 8.91. The lowest BCUT2D eigenvalue weighted by atomic mass is 10.1. The maximum Gasteiger partial charge on any atom is 0.227 e. The van der Waals surface area contributed by atoms with E-state index in [1.54, 1.807) is 7.11 Å². The van der Waals surface area contributed by atoms with Crippen molar-refractivity contribution in [3.05, 3.63) is 65.7 Å². The number of piperazine rings is 1. The van der Waals surface area contributed by atoms with Crippen molar-refractivity contribution in [2.24, 2.45) is 0 Å². The van der Waals surface area contributed by atoms with Gasteiger partial charge < -0.3 is 9.64 Å². The molecular weight excluding hydrogens is 312 g/mol. The Morgan fingerprint density at radius 3 is 2.40 bits per heavy atom. The van der Waals surface area contributed by atoms with Crippen LogP contribution >= 0.6 is 0 Å². The fourth-order valence-electron chi connectivity index (χ4n) is 3.22. The van der Waals surface area contributed by atoms with Gasteiger partial charge in [-0.2, -0.15) is 0 Å². The van der Waals surface area contributed by atoms with Crippen LogP contribution in [0.25, 0.3) is 0 Å². The van der Waals surface area contributed by atoms with Crippen LogP contribution in [-0.2, 0) is 17.6 Å². The lowest BCUT2D eigenvalue weighted by Gasteiger charge is -2.34. The van der Waals surface area contributed by atoms with Gasteiger partial charge in [-0.1, -0.05) is 42.5 Å². The fraction of sp³-hybridized carbons (Fsp3) is 0.381. The highest BCUT2D eigenvalue weighted by atomic mass is 16.5. The Hall–Kier alpha value is -2.33. The quantitative estimate of drug-likeness (QED) is 0.812. The molecule has 0 radical (unpaired) electrons. The van der Waals surface area contributed by atoms with Crippen molar-refractivity contribution in [1.29, 1.82) is 0 Å². The number of ether oxygens (including phenoxy) is 1. The molecule has 132 valence electrons. The van der Waals surface area contributed by atoms with Gasteiger partial charge in [0.25, 0.3) is 0 Å². The smallest absolute Gasteiger partial charge is 0.227 e. The number of nitrogens with zero attached hydrogens (tertiary/aromatic N) is 2. The Bertz CT molecular complexity index is 679. The summed E-state index contributed by atoms with van der Waals surface area (Å²) in [6.07, 6.45) is 1.51. The lowest BCUT2D eigenvalue weighted by Crippen LogP contribution is -2.49. The van der Waals surface area contributed by atoms with E-state index in [0.29, 0.717) is 6.42 Å². The molecule has 4 heteroatoms. The third-order valence-electron chi connectivity index (χ3n) is 4.77. The molecule has 0 aromatic heterocycles. The minimum absolute atomic E-state index is 0.205. The Balaban J connectivity index is 1.44. The van der Waals surface area contributed by atoms with Crippen LogP contribution in [0.3, 0.4) is 0 Å². The predicted octanol–water partition coefficient (Wildman–Crippen LogP) is 2.62. The molecule has 0 saturated carbocycles. The van der Waals surface area contributed by atoms with E-state index in [1.807, 2.05) is 29.2 Å². The third kappa shape index (κ3) is 5.07. The van der Waals surface area contributed by atoms with Gasteiger partial charge in [-0.15, -0.1) is 0 Å². The number of methoxy groups -OCH3 is 1. The molecule has 1 amide bonds. The number of amides is 1. The molecule has 1 heterocycles. The van der Waals surface area contributed by atoms with Crippen LogP contribution in [0, 0.1) is 0 Å². The molecule has 25 heavy (non-hydrogen) atoms. The number of hydrogen-bond donors (Lipinski definition) is 0. The maximum absolute atomic E-state index is 12.5. The third-order valence-corrected chi connectivity index (χ3v) is 4.77. The molecule has 1 aliphatic rings. The van der Waals surface area contributed by atoms with E-state index >= 15 is 0 Å². The molecule has 0 spiro atoms. The van der Waals surface area contributed by atoms with E-state index in [-0.39, 0.29) is 5.91 Å². The second-order valence-electron chi connectivity index (χ2n) is 6.49. The molecule has 0 unspecified atom stereocenters. The second-order valence-corrected chi connectivity index (χ2v) is 6.49. The van der Waals surface area contributed by atoms with Crippen molar-refractivity contribution in [3.63, 3.8) is 0 Å². The Kier molecular flexibility index (Phi) is 6.07. The molecule has 0 atom stereocenters.